The highest BCUT2D eigenvalue weighted by Gasteiger charge is 2.26. The predicted octanol–water partition coefficient (Wildman–Crippen LogP) is 4.54. The SMILES string of the molecule is CC(N)Cc1cccc(Br)c1OC1CC(C)CC(C)C1. The second-order valence-electron chi connectivity index (χ2n) is 6.57. The fourth-order valence-corrected chi connectivity index (χ4v) is 3.83. The Bertz CT molecular complexity index is 437. The highest BCUT2D eigenvalue weighted by molar-refractivity contribution is 9.10. The summed E-state index contributed by atoms with van der Waals surface area (Å²) in [5.41, 5.74) is 7.16. The highest BCUT2D eigenvalue weighted by atomic mass is 79.9. The van der Waals surface area contributed by atoms with Gasteiger partial charge in [-0.3, -0.25) is 0 Å². The van der Waals surface area contributed by atoms with Crippen molar-refractivity contribution in [1.29, 1.82) is 0 Å². The lowest BCUT2D eigenvalue weighted by Crippen LogP contribution is -2.29. The van der Waals surface area contributed by atoms with Gasteiger partial charge in [0.15, 0.2) is 0 Å². The van der Waals surface area contributed by atoms with Gasteiger partial charge < -0.3 is 10.5 Å². The average molecular weight is 340 g/mol. The lowest BCUT2D eigenvalue weighted by atomic mass is 9.82. The van der Waals surface area contributed by atoms with Crippen molar-refractivity contribution in [3.05, 3.63) is 28.2 Å². The summed E-state index contributed by atoms with van der Waals surface area (Å²) < 4.78 is 7.40. The minimum Gasteiger partial charge on any atom is -0.489 e. The molecule has 0 spiro atoms. The monoisotopic (exact) mass is 339 g/mol. The van der Waals surface area contributed by atoms with Crippen LogP contribution in [0.15, 0.2) is 22.7 Å². The van der Waals surface area contributed by atoms with Gasteiger partial charge in [0.05, 0.1) is 10.6 Å². The average Bonchev–Trinajstić information content (AvgIpc) is 2.31. The van der Waals surface area contributed by atoms with Gasteiger partial charge >= 0.3 is 0 Å². The Labute approximate surface area is 131 Å². The second kappa shape index (κ2) is 6.95. The van der Waals surface area contributed by atoms with Gasteiger partial charge in [-0.05, 0) is 72.0 Å². The molecule has 1 aromatic carbocycles. The number of nitrogens with two attached hydrogens (primary N) is 1. The smallest absolute Gasteiger partial charge is 0.137 e. The van der Waals surface area contributed by atoms with Gasteiger partial charge in [0.1, 0.15) is 5.75 Å². The zero-order chi connectivity index (χ0) is 14.7. The molecule has 0 radical (unpaired) electrons. The number of hydrogen-bond donors (Lipinski definition) is 1. The van der Waals surface area contributed by atoms with Gasteiger partial charge in [0.25, 0.3) is 0 Å². The summed E-state index contributed by atoms with van der Waals surface area (Å²) in [5, 5.41) is 0. The van der Waals surface area contributed by atoms with Crippen molar-refractivity contribution in [1.82, 2.24) is 0 Å². The molecule has 1 saturated carbocycles. The predicted molar refractivity (Wildman–Crippen MR) is 88.1 cm³/mol. The molecule has 112 valence electrons. The van der Waals surface area contributed by atoms with Gasteiger partial charge in [0, 0.05) is 6.04 Å². The third-order valence-corrected chi connectivity index (χ3v) is 4.63. The second-order valence-corrected chi connectivity index (χ2v) is 7.42. The summed E-state index contributed by atoms with van der Waals surface area (Å²) in [6.07, 6.45) is 4.82. The van der Waals surface area contributed by atoms with E-state index in [-0.39, 0.29) is 6.04 Å². The third-order valence-electron chi connectivity index (χ3n) is 4.01. The van der Waals surface area contributed by atoms with Crippen molar-refractivity contribution in [2.24, 2.45) is 17.6 Å². The van der Waals surface area contributed by atoms with Crippen LogP contribution in [0.5, 0.6) is 5.75 Å². The van der Waals surface area contributed by atoms with Crippen LogP contribution in [0.1, 0.15) is 45.6 Å². The first-order valence-electron chi connectivity index (χ1n) is 7.65. The van der Waals surface area contributed by atoms with E-state index in [1.165, 1.54) is 12.0 Å². The van der Waals surface area contributed by atoms with E-state index < -0.39 is 0 Å². The Balaban J connectivity index is 2.15. The number of benzene rings is 1. The maximum atomic E-state index is 6.36. The minimum atomic E-state index is 0.149. The Kier molecular flexibility index (Phi) is 5.50. The van der Waals surface area contributed by atoms with E-state index in [0.29, 0.717) is 6.10 Å². The maximum Gasteiger partial charge on any atom is 0.137 e. The molecule has 3 heteroatoms. The van der Waals surface area contributed by atoms with E-state index >= 15 is 0 Å². The molecule has 3 atom stereocenters. The van der Waals surface area contributed by atoms with Crippen molar-refractivity contribution in [3.63, 3.8) is 0 Å². The largest absolute Gasteiger partial charge is 0.489 e. The van der Waals surface area contributed by atoms with E-state index in [0.717, 1.165) is 41.3 Å². The summed E-state index contributed by atoms with van der Waals surface area (Å²) in [5.74, 6) is 2.50. The van der Waals surface area contributed by atoms with Crippen molar-refractivity contribution in [2.75, 3.05) is 0 Å². The van der Waals surface area contributed by atoms with Crippen LogP contribution < -0.4 is 10.5 Å². The fourth-order valence-electron chi connectivity index (χ4n) is 3.33. The first-order chi connectivity index (χ1) is 9.45. The number of para-hydroxylation sites is 1. The van der Waals surface area contributed by atoms with E-state index in [1.807, 2.05) is 6.92 Å². The highest BCUT2D eigenvalue weighted by Crippen LogP contribution is 2.36. The zero-order valence-electron chi connectivity index (χ0n) is 12.7. The molecule has 20 heavy (non-hydrogen) atoms. The fraction of sp³-hybridized carbons (Fsp3) is 0.647. The molecular formula is C17H26BrNO. The molecule has 0 bridgehead atoms. The van der Waals surface area contributed by atoms with Gasteiger partial charge in [-0.1, -0.05) is 26.0 Å². The molecule has 1 aromatic rings. The van der Waals surface area contributed by atoms with Crippen molar-refractivity contribution < 1.29 is 4.74 Å². The van der Waals surface area contributed by atoms with E-state index in [4.69, 9.17) is 10.5 Å². The molecule has 2 nitrogen and oxygen atoms in total. The minimum absolute atomic E-state index is 0.149. The van der Waals surface area contributed by atoms with Crippen LogP contribution >= 0.6 is 15.9 Å². The molecule has 1 aliphatic carbocycles. The van der Waals surface area contributed by atoms with Crippen LogP contribution in [0, 0.1) is 11.8 Å². The molecule has 3 unspecified atom stereocenters. The number of halogens is 1. The lowest BCUT2D eigenvalue weighted by Gasteiger charge is -2.32. The normalized spacial score (nSPS) is 28.1. The van der Waals surface area contributed by atoms with Crippen LogP contribution in [0.3, 0.4) is 0 Å². The maximum absolute atomic E-state index is 6.36. The Hall–Kier alpha value is -0.540. The summed E-state index contributed by atoms with van der Waals surface area (Å²) in [4.78, 5) is 0. The lowest BCUT2D eigenvalue weighted by molar-refractivity contribution is 0.0993. The van der Waals surface area contributed by atoms with Crippen LogP contribution in [0.25, 0.3) is 0 Å². The molecule has 1 fully saturated rings. The van der Waals surface area contributed by atoms with Crippen molar-refractivity contribution >= 4 is 15.9 Å². The summed E-state index contributed by atoms with van der Waals surface area (Å²) in [6.45, 7) is 6.69. The van der Waals surface area contributed by atoms with Crippen LogP contribution in [-0.2, 0) is 6.42 Å². The van der Waals surface area contributed by atoms with Gasteiger partial charge in [0.2, 0.25) is 0 Å². The van der Waals surface area contributed by atoms with E-state index in [1.54, 1.807) is 0 Å². The third kappa shape index (κ3) is 4.23. The Morgan fingerprint density at radius 1 is 1.25 bits per heavy atom. The molecule has 1 aliphatic rings. The summed E-state index contributed by atoms with van der Waals surface area (Å²) >= 11 is 3.63. The van der Waals surface area contributed by atoms with E-state index in [2.05, 4.69) is 48.0 Å². The topological polar surface area (TPSA) is 35.2 Å². The summed E-state index contributed by atoms with van der Waals surface area (Å²) in [6, 6.07) is 6.38. The van der Waals surface area contributed by atoms with Gasteiger partial charge in [-0.2, -0.15) is 0 Å². The van der Waals surface area contributed by atoms with Gasteiger partial charge in [-0.25, -0.2) is 0 Å². The first kappa shape index (κ1) is 15.8. The molecule has 0 heterocycles. The first-order valence-corrected chi connectivity index (χ1v) is 8.44. The van der Waals surface area contributed by atoms with Crippen LogP contribution in [-0.4, -0.2) is 12.1 Å². The number of hydrogen-bond acceptors (Lipinski definition) is 2. The molecule has 0 aliphatic heterocycles. The van der Waals surface area contributed by atoms with Crippen LogP contribution in [0.4, 0.5) is 0 Å². The Morgan fingerprint density at radius 2 is 1.90 bits per heavy atom. The van der Waals surface area contributed by atoms with Crippen molar-refractivity contribution in [3.8, 4) is 5.75 Å². The summed E-state index contributed by atoms with van der Waals surface area (Å²) in [7, 11) is 0. The van der Waals surface area contributed by atoms with Crippen LogP contribution in [0.2, 0.25) is 0 Å². The molecule has 2 N–H and O–H groups in total. The zero-order valence-corrected chi connectivity index (χ0v) is 14.3. The molecule has 0 saturated heterocycles. The molecule has 0 amide bonds. The molecule has 0 aromatic heterocycles. The van der Waals surface area contributed by atoms with E-state index in [9.17, 15) is 0 Å². The molecular weight excluding hydrogens is 314 g/mol. The standard InChI is InChI=1S/C17H26BrNO/c1-11-7-12(2)9-15(8-11)20-17-14(10-13(3)19)5-4-6-16(17)18/h4-6,11-13,15H,7-10,19H2,1-3H3. The number of rotatable bonds is 4. The molecule has 2 rings (SSSR count). The van der Waals surface area contributed by atoms with Crippen molar-refractivity contribution in [2.45, 2.75) is 58.6 Å². The number of ether oxygens (including phenoxy) is 1. The van der Waals surface area contributed by atoms with Gasteiger partial charge in [-0.15, -0.1) is 0 Å². The Morgan fingerprint density at radius 3 is 2.50 bits per heavy atom. The quantitative estimate of drug-likeness (QED) is 0.873.